The van der Waals surface area contributed by atoms with Gasteiger partial charge in [0.15, 0.2) is 5.82 Å². The van der Waals surface area contributed by atoms with Crippen molar-refractivity contribution < 1.29 is 9.26 Å². The van der Waals surface area contributed by atoms with Crippen molar-refractivity contribution in [3.8, 4) is 0 Å². The summed E-state index contributed by atoms with van der Waals surface area (Å²) in [6.07, 6.45) is 4.02. The Morgan fingerprint density at radius 2 is 2.19 bits per heavy atom. The van der Waals surface area contributed by atoms with Crippen LogP contribution in [0.3, 0.4) is 0 Å². The molecule has 1 fully saturated rings. The van der Waals surface area contributed by atoms with Crippen LogP contribution in [0.5, 0.6) is 0 Å². The van der Waals surface area contributed by atoms with E-state index < -0.39 is 5.54 Å². The van der Waals surface area contributed by atoms with E-state index in [-0.39, 0.29) is 5.60 Å². The van der Waals surface area contributed by atoms with Gasteiger partial charge in [-0.05, 0) is 33.1 Å². The third-order valence-electron chi connectivity index (χ3n) is 3.22. The SMILES string of the molecule is COC1(Cc2nc(C(C)(C)N)no2)CCC1. The number of methoxy groups -OCH3 is 1. The van der Waals surface area contributed by atoms with E-state index in [1.165, 1.54) is 6.42 Å². The van der Waals surface area contributed by atoms with Crippen molar-refractivity contribution in [3.05, 3.63) is 11.7 Å². The summed E-state index contributed by atoms with van der Waals surface area (Å²) in [5.74, 6) is 1.17. The van der Waals surface area contributed by atoms with Crippen LogP contribution in [0.2, 0.25) is 0 Å². The molecule has 1 aliphatic rings. The summed E-state index contributed by atoms with van der Waals surface area (Å²) in [6, 6.07) is 0. The van der Waals surface area contributed by atoms with Crippen LogP contribution in [-0.2, 0) is 16.7 Å². The molecule has 5 heteroatoms. The highest BCUT2D eigenvalue weighted by Crippen LogP contribution is 2.37. The number of nitrogens with zero attached hydrogens (tertiary/aromatic N) is 2. The fourth-order valence-electron chi connectivity index (χ4n) is 1.89. The molecule has 0 spiro atoms. The number of hydrogen-bond donors (Lipinski definition) is 1. The van der Waals surface area contributed by atoms with E-state index >= 15 is 0 Å². The molecule has 5 nitrogen and oxygen atoms in total. The lowest BCUT2D eigenvalue weighted by Crippen LogP contribution is -2.41. The van der Waals surface area contributed by atoms with E-state index in [9.17, 15) is 0 Å². The quantitative estimate of drug-likeness (QED) is 0.837. The molecule has 0 amide bonds. The van der Waals surface area contributed by atoms with Crippen molar-refractivity contribution >= 4 is 0 Å². The second-order valence-electron chi connectivity index (χ2n) is 5.15. The molecular weight excluding hydrogens is 206 g/mol. The van der Waals surface area contributed by atoms with E-state index in [2.05, 4.69) is 10.1 Å². The topological polar surface area (TPSA) is 74.2 Å². The van der Waals surface area contributed by atoms with Crippen molar-refractivity contribution in [2.75, 3.05) is 7.11 Å². The van der Waals surface area contributed by atoms with Crippen molar-refractivity contribution in [1.82, 2.24) is 10.1 Å². The molecule has 2 N–H and O–H groups in total. The first-order valence-electron chi connectivity index (χ1n) is 5.62. The normalized spacial score (nSPS) is 19.5. The first kappa shape index (κ1) is 11.5. The molecule has 0 unspecified atom stereocenters. The second-order valence-corrected chi connectivity index (χ2v) is 5.15. The Balaban J connectivity index is 2.08. The third-order valence-corrected chi connectivity index (χ3v) is 3.22. The lowest BCUT2D eigenvalue weighted by Gasteiger charge is -2.39. The summed E-state index contributed by atoms with van der Waals surface area (Å²) in [5, 5.41) is 3.90. The van der Waals surface area contributed by atoms with Gasteiger partial charge in [0.2, 0.25) is 5.89 Å². The standard InChI is InChI=1S/C11H19N3O2/c1-10(2,12)9-13-8(16-14-9)7-11(15-3)5-4-6-11/h4-7,12H2,1-3H3. The predicted molar refractivity (Wildman–Crippen MR) is 58.8 cm³/mol. The maximum absolute atomic E-state index is 5.90. The third kappa shape index (κ3) is 2.10. The van der Waals surface area contributed by atoms with Gasteiger partial charge in [0.05, 0.1) is 17.6 Å². The number of hydrogen-bond acceptors (Lipinski definition) is 5. The van der Waals surface area contributed by atoms with Gasteiger partial charge in [-0.3, -0.25) is 0 Å². The average Bonchev–Trinajstić information content (AvgIpc) is 2.58. The largest absolute Gasteiger partial charge is 0.378 e. The molecule has 0 bridgehead atoms. The Kier molecular flexibility index (Phi) is 2.75. The Bertz CT molecular complexity index is 358. The number of ether oxygens (including phenoxy) is 1. The van der Waals surface area contributed by atoms with Crippen LogP contribution in [0.4, 0.5) is 0 Å². The first-order valence-corrected chi connectivity index (χ1v) is 5.62. The molecule has 1 aromatic heterocycles. The monoisotopic (exact) mass is 225 g/mol. The van der Waals surface area contributed by atoms with E-state index in [1.807, 2.05) is 13.8 Å². The molecule has 1 saturated carbocycles. The second kappa shape index (κ2) is 3.82. The molecule has 0 aromatic carbocycles. The molecule has 2 rings (SSSR count). The molecule has 16 heavy (non-hydrogen) atoms. The Labute approximate surface area is 95.3 Å². The summed E-state index contributed by atoms with van der Waals surface area (Å²) < 4.78 is 10.7. The molecule has 1 heterocycles. The molecule has 0 atom stereocenters. The minimum Gasteiger partial charge on any atom is -0.378 e. The summed E-state index contributed by atoms with van der Waals surface area (Å²) >= 11 is 0. The number of rotatable bonds is 4. The lowest BCUT2D eigenvalue weighted by molar-refractivity contribution is -0.0751. The minimum atomic E-state index is -0.554. The maximum Gasteiger partial charge on any atom is 0.229 e. The number of nitrogens with two attached hydrogens (primary N) is 1. The van der Waals surface area contributed by atoms with Crippen molar-refractivity contribution in [3.63, 3.8) is 0 Å². The van der Waals surface area contributed by atoms with Gasteiger partial charge in [-0.1, -0.05) is 5.16 Å². The van der Waals surface area contributed by atoms with Crippen LogP contribution < -0.4 is 5.73 Å². The van der Waals surface area contributed by atoms with Gasteiger partial charge in [-0.2, -0.15) is 4.98 Å². The van der Waals surface area contributed by atoms with Gasteiger partial charge in [-0.25, -0.2) is 0 Å². The van der Waals surface area contributed by atoms with Crippen molar-refractivity contribution in [2.24, 2.45) is 5.73 Å². The van der Waals surface area contributed by atoms with Gasteiger partial charge in [-0.15, -0.1) is 0 Å². The number of aromatic nitrogens is 2. The van der Waals surface area contributed by atoms with Crippen LogP contribution in [0.15, 0.2) is 4.52 Å². The zero-order chi connectivity index (χ0) is 11.8. The molecule has 0 saturated heterocycles. The molecule has 90 valence electrons. The zero-order valence-corrected chi connectivity index (χ0v) is 10.1. The highest BCUT2D eigenvalue weighted by Gasteiger charge is 2.39. The van der Waals surface area contributed by atoms with Crippen LogP contribution >= 0.6 is 0 Å². The molecule has 0 radical (unpaired) electrons. The highest BCUT2D eigenvalue weighted by atomic mass is 16.5. The summed E-state index contributed by atoms with van der Waals surface area (Å²) in [4.78, 5) is 4.31. The van der Waals surface area contributed by atoms with E-state index in [1.54, 1.807) is 7.11 Å². The molecule has 0 aliphatic heterocycles. The fourth-order valence-corrected chi connectivity index (χ4v) is 1.89. The van der Waals surface area contributed by atoms with Crippen LogP contribution in [0.1, 0.15) is 44.8 Å². The van der Waals surface area contributed by atoms with Crippen LogP contribution in [-0.4, -0.2) is 22.9 Å². The van der Waals surface area contributed by atoms with Crippen molar-refractivity contribution in [2.45, 2.75) is 50.7 Å². The van der Waals surface area contributed by atoms with E-state index in [0.29, 0.717) is 18.1 Å². The molecule has 1 aliphatic carbocycles. The molecular formula is C11H19N3O2. The van der Waals surface area contributed by atoms with Gasteiger partial charge in [0.25, 0.3) is 0 Å². The maximum atomic E-state index is 5.90. The Morgan fingerprint density at radius 1 is 1.50 bits per heavy atom. The van der Waals surface area contributed by atoms with E-state index in [0.717, 1.165) is 12.8 Å². The predicted octanol–water partition coefficient (Wildman–Crippen LogP) is 1.37. The Hall–Kier alpha value is -0.940. The van der Waals surface area contributed by atoms with E-state index in [4.69, 9.17) is 15.0 Å². The van der Waals surface area contributed by atoms with Gasteiger partial charge in [0, 0.05) is 7.11 Å². The van der Waals surface area contributed by atoms with Gasteiger partial charge in [0.1, 0.15) is 0 Å². The summed E-state index contributed by atoms with van der Waals surface area (Å²) in [7, 11) is 1.74. The first-order chi connectivity index (χ1) is 7.45. The highest BCUT2D eigenvalue weighted by molar-refractivity contribution is 5.03. The van der Waals surface area contributed by atoms with Crippen LogP contribution in [0, 0.1) is 0 Å². The molecule has 1 aromatic rings. The Morgan fingerprint density at radius 3 is 2.56 bits per heavy atom. The zero-order valence-electron chi connectivity index (χ0n) is 10.1. The minimum absolute atomic E-state index is 0.0808. The van der Waals surface area contributed by atoms with Crippen LogP contribution in [0.25, 0.3) is 0 Å². The van der Waals surface area contributed by atoms with Crippen molar-refractivity contribution in [1.29, 1.82) is 0 Å². The summed E-state index contributed by atoms with van der Waals surface area (Å²) in [6.45, 7) is 3.72. The average molecular weight is 225 g/mol. The van der Waals surface area contributed by atoms with Gasteiger partial charge < -0.3 is 15.0 Å². The lowest BCUT2D eigenvalue weighted by atomic mass is 9.77. The smallest absolute Gasteiger partial charge is 0.229 e. The van der Waals surface area contributed by atoms with Gasteiger partial charge >= 0.3 is 0 Å². The fraction of sp³-hybridized carbons (Fsp3) is 0.818. The summed E-state index contributed by atoms with van der Waals surface area (Å²) in [5.41, 5.74) is 5.26.